The summed E-state index contributed by atoms with van der Waals surface area (Å²) in [5, 5.41) is 0.930. The monoisotopic (exact) mass is 427 g/mol. The van der Waals surface area contributed by atoms with Crippen molar-refractivity contribution in [3.8, 4) is 22.5 Å². The molecule has 2 heterocycles. The van der Waals surface area contributed by atoms with Crippen LogP contribution in [0.15, 0.2) is 79.3 Å². The van der Waals surface area contributed by atoms with E-state index in [9.17, 15) is 4.39 Å². The van der Waals surface area contributed by atoms with Crippen molar-refractivity contribution in [1.82, 2.24) is 14.5 Å². The molecule has 3 rings (SSSR count). The molecule has 0 atom stereocenters. The second kappa shape index (κ2) is 16.2. The Labute approximate surface area is 185 Å². The van der Waals surface area contributed by atoms with Crippen LogP contribution in [0.3, 0.4) is 0 Å². The van der Waals surface area contributed by atoms with Gasteiger partial charge < -0.3 is 4.57 Å². The van der Waals surface area contributed by atoms with Crippen molar-refractivity contribution >= 4 is 11.8 Å². The van der Waals surface area contributed by atoms with E-state index in [4.69, 9.17) is 4.98 Å². The van der Waals surface area contributed by atoms with Gasteiger partial charge in [-0.3, -0.25) is 4.98 Å². The average Bonchev–Trinajstić information content (AvgIpc) is 3.15. The van der Waals surface area contributed by atoms with Crippen LogP contribution < -0.4 is 0 Å². The molecule has 0 radical (unpaired) electrons. The number of allylic oxidation sites excluding steroid dienone is 1. The summed E-state index contributed by atoms with van der Waals surface area (Å²) in [7, 11) is 2.01. The minimum Gasteiger partial charge on any atom is -0.322 e. The fourth-order valence-electron chi connectivity index (χ4n) is 2.48. The Bertz CT molecular complexity index is 856. The second-order valence-corrected chi connectivity index (χ2v) is 6.26. The number of halogens is 1. The molecule has 0 bridgehead atoms. The zero-order valence-electron chi connectivity index (χ0n) is 19.0. The van der Waals surface area contributed by atoms with Crippen LogP contribution in [0.25, 0.3) is 22.5 Å². The summed E-state index contributed by atoms with van der Waals surface area (Å²) in [6, 6.07) is 10.4. The highest BCUT2D eigenvalue weighted by Crippen LogP contribution is 2.34. The molecular weight excluding hydrogens is 393 g/mol. The topological polar surface area (TPSA) is 30.7 Å². The molecule has 0 amide bonds. The first-order valence-corrected chi connectivity index (χ1v) is 11.2. The second-order valence-electron chi connectivity index (χ2n) is 5.27. The van der Waals surface area contributed by atoms with E-state index in [0.29, 0.717) is 0 Å². The zero-order chi connectivity index (χ0) is 22.9. The third-order valence-corrected chi connectivity index (χ3v) is 4.65. The van der Waals surface area contributed by atoms with Crippen LogP contribution in [-0.4, -0.2) is 20.3 Å². The van der Waals surface area contributed by atoms with Crippen LogP contribution >= 0.6 is 11.8 Å². The van der Waals surface area contributed by atoms with Gasteiger partial charge in [0.2, 0.25) is 0 Å². The quantitative estimate of drug-likeness (QED) is 0.307. The predicted molar refractivity (Wildman–Crippen MR) is 131 cm³/mol. The van der Waals surface area contributed by atoms with E-state index in [1.54, 1.807) is 36.3 Å². The number of rotatable bonds is 5. The van der Waals surface area contributed by atoms with E-state index in [-0.39, 0.29) is 5.82 Å². The molecule has 1 aromatic carbocycles. The number of benzene rings is 1. The smallest absolute Gasteiger partial charge is 0.169 e. The highest BCUT2D eigenvalue weighted by atomic mass is 32.2. The molecule has 0 aliphatic rings. The molecule has 2 aromatic heterocycles. The number of aromatic nitrogens is 3. The lowest BCUT2D eigenvalue weighted by Crippen LogP contribution is -1.95. The Kier molecular flexibility index (Phi) is 14.7. The summed E-state index contributed by atoms with van der Waals surface area (Å²) >= 11 is 1.67. The van der Waals surface area contributed by atoms with Crippen molar-refractivity contribution in [2.24, 2.45) is 7.05 Å². The van der Waals surface area contributed by atoms with E-state index >= 15 is 0 Å². The molecule has 0 fully saturated rings. The first-order chi connectivity index (χ1) is 14.7. The van der Waals surface area contributed by atoms with Gasteiger partial charge in [0.15, 0.2) is 5.16 Å². The third-order valence-electron chi connectivity index (χ3n) is 3.67. The van der Waals surface area contributed by atoms with Crippen molar-refractivity contribution in [2.45, 2.75) is 39.8 Å². The molecule has 0 saturated heterocycles. The summed E-state index contributed by atoms with van der Waals surface area (Å²) in [6.07, 6.45) is 7.66. The molecule has 30 heavy (non-hydrogen) atoms. The lowest BCUT2D eigenvalue weighted by Gasteiger charge is -2.07. The normalized spacial score (nSPS) is 9.57. The van der Waals surface area contributed by atoms with Crippen molar-refractivity contribution in [2.75, 3.05) is 5.75 Å². The molecule has 0 aliphatic heterocycles. The van der Waals surface area contributed by atoms with Crippen LogP contribution in [-0.2, 0) is 7.05 Å². The van der Waals surface area contributed by atoms with Gasteiger partial charge in [0.1, 0.15) is 5.82 Å². The van der Waals surface area contributed by atoms with E-state index in [2.05, 4.69) is 28.8 Å². The molecule has 5 heteroatoms. The largest absolute Gasteiger partial charge is 0.322 e. The standard InChI is InChI=1S/C19H18FN3S.2C2H6.C2H4/c1-3-4-13-24-19-22-17(14-5-7-16(20)8-6-14)18(23(19)2)15-9-11-21-12-10-15;3*1-2/h3-12H,13H2,1-2H3;2*1-2H3;1-2H2/b4-3+;;;. The van der Waals surface area contributed by atoms with Gasteiger partial charge in [-0.15, -0.1) is 13.2 Å². The Balaban J connectivity index is 0.00000129. The molecule has 3 aromatic rings. The molecule has 0 unspecified atom stereocenters. The Hall–Kier alpha value is -2.66. The highest BCUT2D eigenvalue weighted by Gasteiger charge is 2.18. The van der Waals surface area contributed by atoms with Crippen LogP contribution in [0.5, 0.6) is 0 Å². The van der Waals surface area contributed by atoms with E-state index in [1.165, 1.54) is 12.1 Å². The molecular formula is C25H34FN3S. The maximum atomic E-state index is 13.3. The summed E-state index contributed by atoms with van der Waals surface area (Å²) in [5.41, 5.74) is 3.80. The van der Waals surface area contributed by atoms with E-state index in [1.807, 2.05) is 59.9 Å². The van der Waals surface area contributed by atoms with Crippen LogP contribution in [0.4, 0.5) is 4.39 Å². The van der Waals surface area contributed by atoms with Gasteiger partial charge in [-0.1, -0.05) is 51.6 Å². The maximum Gasteiger partial charge on any atom is 0.169 e. The molecule has 162 valence electrons. The average molecular weight is 428 g/mol. The Morgan fingerprint density at radius 2 is 1.53 bits per heavy atom. The predicted octanol–water partition coefficient (Wildman–Crippen LogP) is 7.81. The number of nitrogens with zero attached hydrogens (tertiary/aromatic N) is 3. The van der Waals surface area contributed by atoms with Crippen molar-refractivity contribution in [3.63, 3.8) is 0 Å². The van der Waals surface area contributed by atoms with Crippen LogP contribution in [0.1, 0.15) is 34.6 Å². The van der Waals surface area contributed by atoms with Gasteiger partial charge in [0, 0.05) is 36.3 Å². The first-order valence-electron chi connectivity index (χ1n) is 10.2. The van der Waals surface area contributed by atoms with Gasteiger partial charge in [-0.05, 0) is 43.3 Å². The minimum atomic E-state index is -0.247. The van der Waals surface area contributed by atoms with E-state index in [0.717, 1.165) is 33.4 Å². The number of thioether (sulfide) groups is 1. The third kappa shape index (κ3) is 7.64. The Morgan fingerprint density at radius 3 is 2.07 bits per heavy atom. The molecule has 0 aliphatic carbocycles. The SMILES string of the molecule is C/C=C/CSc1nc(-c2ccc(F)cc2)c(-c2ccncc2)n1C.C=C.CC.CC. The van der Waals surface area contributed by atoms with Crippen molar-refractivity contribution < 1.29 is 4.39 Å². The van der Waals surface area contributed by atoms with Gasteiger partial charge in [-0.2, -0.15) is 0 Å². The minimum absolute atomic E-state index is 0.247. The summed E-state index contributed by atoms with van der Waals surface area (Å²) in [4.78, 5) is 8.90. The van der Waals surface area contributed by atoms with Crippen LogP contribution in [0, 0.1) is 5.82 Å². The number of hydrogen-bond donors (Lipinski definition) is 0. The summed E-state index contributed by atoms with van der Waals surface area (Å²) in [5.74, 6) is 0.614. The molecule has 0 saturated carbocycles. The number of imidazole rings is 1. The Morgan fingerprint density at radius 1 is 0.967 bits per heavy atom. The highest BCUT2D eigenvalue weighted by molar-refractivity contribution is 7.99. The van der Waals surface area contributed by atoms with Crippen molar-refractivity contribution in [1.29, 1.82) is 0 Å². The molecule has 3 nitrogen and oxygen atoms in total. The lowest BCUT2D eigenvalue weighted by molar-refractivity contribution is 0.628. The lowest BCUT2D eigenvalue weighted by atomic mass is 10.1. The maximum absolute atomic E-state index is 13.3. The van der Waals surface area contributed by atoms with Crippen molar-refractivity contribution in [3.05, 3.63) is 79.9 Å². The first kappa shape index (κ1) is 27.3. The number of pyridine rings is 1. The van der Waals surface area contributed by atoms with Gasteiger partial charge in [0.05, 0.1) is 11.4 Å². The summed E-state index contributed by atoms with van der Waals surface area (Å²) < 4.78 is 15.4. The number of hydrogen-bond acceptors (Lipinski definition) is 3. The van der Waals surface area contributed by atoms with Gasteiger partial charge >= 0.3 is 0 Å². The van der Waals surface area contributed by atoms with Gasteiger partial charge in [0.25, 0.3) is 0 Å². The summed E-state index contributed by atoms with van der Waals surface area (Å²) in [6.45, 7) is 16.0. The van der Waals surface area contributed by atoms with Crippen LogP contribution in [0.2, 0.25) is 0 Å². The fraction of sp³-hybridized carbons (Fsp3) is 0.280. The fourth-order valence-corrected chi connectivity index (χ4v) is 3.35. The zero-order valence-corrected chi connectivity index (χ0v) is 19.8. The van der Waals surface area contributed by atoms with Gasteiger partial charge in [-0.25, -0.2) is 9.37 Å². The molecule has 0 N–H and O–H groups in total. The molecule has 0 spiro atoms. The van der Waals surface area contributed by atoms with E-state index < -0.39 is 0 Å².